The Morgan fingerprint density at radius 3 is 2.81 bits per heavy atom. The molecule has 1 N–H and O–H groups in total. The minimum Gasteiger partial charge on any atom is -0.354 e. The molecule has 1 unspecified atom stereocenters. The van der Waals surface area contributed by atoms with Gasteiger partial charge in [-0.3, -0.25) is 10.1 Å². The van der Waals surface area contributed by atoms with Gasteiger partial charge < -0.3 is 10.2 Å². The molecule has 1 aliphatic rings. The van der Waals surface area contributed by atoms with Crippen LogP contribution >= 0.6 is 0 Å². The minimum absolute atomic E-state index is 0.0371. The minimum atomic E-state index is -0.298. The number of nitrogens with zero attached hydrogens (tertiary/aromatic N) is 4. The monoisotopic (exact) mass is 295 g/mol. The highest BCUT2D eigenvalue weighted by molar-refractivity contribution is 5.62. The van der Waals surface area contributed by atoms with E-state index in [1.54, 1.807) is 11.7 Å². The zero-order valence-electron chi connectivity index (χ0n) is 13.3. The number of nitro groups is 1. The third kappa shape index (κ3) is 3.34. The van der Waals surface area contributed by atoms with Gasteiger partial charge in [0.2, 0.25) is 5.82 Å². The predicted octanol–water partition coefficient (Wildman–Crippen LogP) is 1.89. The second-order valence-electron chi connectivity index (χ2n) is 6.19. The molecule has 2 heterocycles. The Hall–Kier alpha value is -1.63. The molecule has 0 aromatic carbocycles. The van der Waals surface area contributed by atoms with Crippen molar-refractivity contribution in [1.82, 2.24) is 15.1 Å². The van der Waals surface area contributed by atoms with Crippen molar-refractivity contribution in [3.8, 4) is 0 Å². The molecule has 0 amide bonds. The molecule has 1 atom stereocenters. The Morgan fingerprint density at radius 1 is 1.57 bits per heavy atom. The first-order chi connectivity index (χ1) is 9.91. The van der Waals surface area contributed by atoms with Crippen LogP contribution in [-0.4, -0.2) is 41.4 Å². The standard InChI is InChI=1S/C14H25N5O2/c1-10(2)12-13(19(20)21)14(18(4)16-12)17(3)9-11-6-5-7-15-8-11/h10-11,15H,5-9H2,1-4H3. The maximum absolute atomic E-state index is 11.5. The van der Waals surface area contributed by atoms with E-state index in [1.807, 2.05) is 25.8 Å². The number of rotatable bonds is 5. The molecular formula is C14H25N5O2. The van der Waals surface area contributed by atoms with Gasteiger partial charge in [0.25, 0.3) is 0 Å². The van der Waals surface area contributed by atoms with Crippen molar-refractivity contribution in [2.24, 2.45) is 13.0 Å². The normalized spacial score (nSPS) is 19.0. The summed E-state index contributed by atoms with van der Waals surface area (Å²) < 4.78 is 1.64. The first-order valence-corrected chi connectivity index (χ1v) is 7.55. The number of hydrogen-bond donors (Lipinski definition) is 1. The lowest BCUT2D eigenvalue weighted by Gasteiger charge is -2.28. The van der Waals surface area contributed by atoms with Gasteiger partial charge in [-0.2, -0.15) is 5.10 Å². The number of piperidine rings is 1. The van der Waals surface area contributed by atoms with Crippen LogP contribution in [0.1, 0.15) is 38.3 Å². The largest absolute Gasteiger partial charge is 0.354 e. The van der Waals surface area contributed by atoms with Crippen molar-refractivity contribution >= 4 is 11.5 Å². The van der Waals surface area contributed by atoms with E-state index in [2.05, 4.69) is 10.4 Å². The summed E-state index contributed by atoms with van der Waals surface area (Å²) >= 11 is 0. The molecule has 1 aromatic rings. The molecule has 0 bridgehead atoms. The van der Waals surface area contributed by atoms with Crippen LogP contribution in [0.3, 0.4) is 0 Å². The SMILES string of the molecule is CC(C)c1nn(C)c(N(C)CC2CCCNC2)c1[N+](=O)[O-]. The lowest BCUT2D eigenvalue weighted by Crippen LogP contribution is -2.37. The van der Waals surface area contributed by atoms with Gasteiger partial charge in [-0.05, 0) is 31.8 Å². The Labute approximate surface area is 125 Å². The summed E-state index contributed by atoms with van der Waals surface area (Å²) in [5, 5.41) is 19.2. The molecular weight excluding hydrogens is 270 g/mol. The number of aromatic nitrogens is 2. The second kappa shape index (κ2) is 6.43. The Morgan fingerprint density at radius 2 is 2.29 bits per heavy atom. The lowest BCUT2D eigenvalue weighted by atomic mass is 9.99. The molecule has 21 heavy (non-hydrogen) atoms. The summed E-state index contributed by atoms with van der Waals surface area (Å²) in [6.07, 6.45) is 2.34. The fourth-order valence-corrected chi connectivity index (χ4v) is 3.07. The molecule has 7 nitrogen and oxygen atoms in total. The number of anilines is 1. The van der Waals surface area contributed by atoms with Crippen LogP contribution in [-0.2, 0) is 7.05 Å². The van der Waals surface area contributed by atoms with E-state index in [4.69, 9.17) is 0 Å². The molecule has 0 aliphatic carbocycles. The molecule has 1 aliphatic heterocycles. The van der Waals surface area contributed by atoms with Crippen LogP contribution < -0.4 is 10.2 Å². The highest BCUT2D eigenvalue weighted by Crippen LogP contribution is 2.35. The molecule has 1 aromatic heterocycles. The summed E-state index contributed by atoms with van der Waals surface area (Å²) in [5.41, 5.74) is 0.713. The van der Waals surface area contributed by atoms with E-state index in [1.165, 1.54) is 12.8 Å². The Kier molecular flexibility index (Phi) is 4.82. The highest BCUT2D eigenvalue weighted by atomic mass is 16.6. The molecule has 118 valence electrons. The zero-order valence-corrected chi connectivity index (χ0v) is 13.3. The van der Waals surface area contributed by atoms with Crippen LogP contribution in [0.2, 0.25) is 0 Å². The summed E-state index contributed by atoms with van der Waals surface area (Å²) in [7, 11) is 3.70. The Balaban J connectivity index is 2.26. The molecule has 0 saturated carbocycles. The molecule has 0 radical (unpaired) electrons. The molecule has 2 rings (SSSR count). The van der Waals surface area contributed by atoms with Gasteiger partial charge in [-0.15, -0.1) is 0 Å². The van der Waals surface area contributed by atoms with Crippen molar-refractivity contribution in [1.29, 1.82) is 0 Å². The van der Waals surface area contributed by atoms with Gasteiger partial charge in [-0.25, -0.2) is 4.68 Å². The van der Waals surface area contributed by atoms with Crippen molar-refractivity contribution in [2.45, 2.75) is 32.6 Å². The summed E-state index contributed by atoms with van der Waals surface area (Å²) in [6.45, 7) is 6.73. The highest BCUT2D eigenvalue weighted by Gasteiger charge is 2.31. The quantitative estimate of drug-likeness (QED) is 0.663. The molecule has 1 saturated heterocycles. The second-order valence-corrected chi connectivity index (χ2v) is 6.19. The van der Waals surface area contributed by atoms with E-state index in [0.717, 1.165) is 19.6 Å². The molecule has 7 heteroatoms. The van der Waals surface area contributed by atoms with Gasteiger partial charge in [0.15, 0.2) is 0 Å². The van der Waals surface area contributed by atoms with Gasteiger partial charge in [0.05, 0.1) is 4.92 Å². The predicted molar refractivity (Wildman–Crippen MR) is 82.8 cm³/mol. The maximum Gasteiger partial charge on any atom is 0.334 e. The van der Waals surface area contributed by atoms with Gasteiger partial charge >= 0.3 is 5.69 Å². The summed E-state index contributed by atoms with van der Waals surface area (Å²) in [6, 6.07) is 0. The van der Waals surface area contributed by atoms with Crippen LogP contribution in [0.4, 0.5) is 11.5 Å². The number of aryl methyl sites for hydroxylation is 1. The molecule has 1 fully saturated rings. The van der Waals surface area contributed by atoms with Crippen LogP contribution in [0.5, 0.6) is 0 Å². The number of hydrogen-bond acceptors (Lipinski definition) is 5. The zero-order chi connectivity index (χ0) is 15.6. The van der Waals surface area contributed by atoms with Crippen molar-refractivity contribution in [2.75, 3.05) is 31.6 Å². The average Bonchev–Trinajstić information content (AvgIpc) is 2.78. The van der Waals surface area contributed by atoms with Crippen LogP contribution in [0.25, 0.3) is 0 Å². The maximum atomic E-state index is 11.5. The average molecular weight is 295 g/mol. The number of nitrogens with one attached hydrogen (secondary N) is 1. The smallest absolute Gasteiger partial charge is 0.334 e. The summed E-state index contributed by atoms with van der Waals surface area (Å²) in [5.74, 6) is 1.17. The molecule has 0 spiro atoms. The van der Waals surface area contributed by atoms with Crippen molar-refractivity contribution in [3.63, 3.8) is 0 Å². The third-order valence-corrected chi connectivity index (χ3v) is 4.04. The topological polar surface area (TPSA) is 76.2 Å². The summed E-state index contributed by atoms with van der Waals surface area (Å²) in [4.78, 5) is 13.2. The Bertz CT molecular complexity index is 506. The van der Waals surface area contributed by atoms with E-state index in [9.17, 15) is 10.1 Å². The van der Waals surface area contributed by atoms with E-state index < -0.39 is 0 Å². The van der Waals surface area contributed by atoms with Gasteiger partial charge in [-0.1, -0.05) is 13.8 Å². The fraction of sp³-hybridized carbons (Fsp3) is 0.786. The van der Waals surface area contributed by atoms with Crippen LogP contribution in [0, 0.1) is 16.0 Å². The van der Waals surface area contributed by atoms with Gasteiger partial charge in [0, 0.05) is 26.6 Å². The lowest BCUT2D eigenvalue weighted by molar-refractivity contribution is -0.385. The van der Waals surface area contributed by atoms with Crippen molar-refractivity contribution in [3.05, 3.63) is 15.8 Å². The first-order valence-electron chi connectivity index (χ1n) is 7.55. The first kappa shape index (κ1) is 15.8. The fourth-order valence-electron chi connectivity index (χ4n) is 3.07. The van der Waals surface area contributed by atoms with E-state index >= 15 is 0 Å². The van der Waals surface area contributed by atoms with E-state index in [0.29, 0.717) is 17.4 Å². The van der Waals surface area contributed by atoms with E-state index in [-0.39, 0.29) is 16.5 Å². The third-order valence-electron chi connectivity index (χ3n) is 4.04. The van der Waals surface area contributed by atoms with Crippen LogP contribution in [0.15, 0.2) is 0 Å². The van der Waals surface area contributed by atoms with Gasteiger partial charge in [0.1, 0.15) is 5.69 Å². The van der Waals surface area contributed by atoms with Crippen molar-refractivity contribution < 1.29 is 4.92 Å².